The smallest absolute Gasteiger partial charge is 0.0558 e. The van der Waals surface area contributed by atoms with Gasteiger partial charge < -0.3 is 4.74 Å². The van der Waals surface area contributed by atoms with Crippen LogP contribution in [0.4, 0.5) is 0 Å². The lowest BCUT2D eigenvalue weighted by Gasteiger charge is -2.29. The van der Waals surface area contributed by atoms with Gasteiger partial charge in [-0.2, -0.15) is 0 Å². The third kappa shape index (κ3) is 3.78. The van der Waals surface area contributed by atoms with Crippen molar-refractivity contribution in [1.82, 2.24) is 5.43 Å². The lowest BCUT2D eigenvalue weighted by Crippen LogP contribution is -2.39. The fourth-order valence-electron chi connectivity index (χ4n) is 3.17. The van der Waals surface area contributed by atoms with Crippen molar-refractivity contribution >= 4 is 0 Å². The molecule has 0 radical (unpaired) electrons. The van der Waals surface area contributed by atoms with Crippen LogP contribution < -0.4 is 11.3 Å². The molecule has 3 heteroatoms. The number of hydrazine groups is 1. The maximum atomic E-state index is 5.71. The quantitative estimate of drug-likeness (QED) is 0.612. The molecule has 0 heterocycles. The largest absolute Gasteiger partial charge is 0.382 e. The van der Waals surface area contributed by atoms with E-state index < -0.39 is 0 Å². The number of ether oxygens (including phenoxy) is 1. The molecule has 1 aromatic rings. The highest BCUT2D eigenvalue weighted by Crippen LogP contribution is 2.35. The SMILES string of the molecule is COC(C)CC(CC1CCCc2ccccc21)NN. The Morgan fingerprint density at radius 3 is 2.95 bits per heavy atom. The molecule has 2 rings (SSSR count). The molecule has 0 saturated heterocycles. The van der Waals surface area contributed by atoms with Crippen molar-refractivity contribution in [3.8, 4) is 0 Å². The highest BCUT2D eigenvalue weighted by Gasteiger charge is 2.23. The topological polar surface area (TPSA) is 47.3 Å². The van der Waals surface area contributed by atoms with Crippen LogP contribution in [0.25, 0.3) is 0 Å². The maximum Gasteiger partial charge on any atom is 0.0558 e. The predicted molar refractivity (Wildman–Crippen MR) is 78.9 cm³/mol. The summed E-state index contributed by atoms with van der Waals surface area (Å²) in [6.45, 7) is 2.10. The summed E-state index contributed by atoms with van der Waals surface area (Å²) in [5.41, 5.74) is 6.01. The number of benzene rings is 1. The summed E-state index contributed by atoms with van der Waals surface area (Å²) in [6.07, 6.45) is 6.10. The Morgan fingerprint density at radius 2 is 2.21 bits per heavy atom. The Kier molecular flexibility index (Phi) is 5.37. The predicted octanol–water partition coefficient (Wildman–Crippen LogP) is 2.75. The summed E-state index contributed by atoms with van der Waals surface area (Å²) in [5.74, 6) is 6.34. The molecule has 1 aliphatic rings. The molecule has 1 aliphatic carbocycles. The van der Waals surface area contributed by atoms with E-state index in [2.05, 4.69) is 36.6 Å². The number of aryl methyl sites for hydroxylation is 1. The van der Waals surface area contributed by atoms with Crippen LogP contribution in [-0.2, 0) is 11.2 Å². The second-order valence-electron chi connectivity index (χ2n) is 5.67. The Balaban J connectivity index is 2.02. The van der Waals surface area contributed by atoms with Crippen LogP contribution in [-0.4, -0.2) is 19.3 Å². The number of nitrogens with two attached hydrogens (primary N) is 1. The molecule has 0 saturated carbocycles. The third-order valence-corrected chi connectivity index (χ3v) is 4.32. The summed E-state index contributed by atoms with van der Waals surface area (Å²) in [6, 6.07) is 9.18. The molecule has 0 fully saturated rings. The van der Waals surface area contributed by atoms with E-state index in [-0.39, 0.29) is 6.10 Å². The molecule has 0 aliphatic heterocycles. The first kappa shape index (κ1) is 14.5. The molecule has 0 amide bonds. The molecular weight excluding hydrogens is 236 g/mol. The van der Waals surface area contributed by atoms with E-state index >= 15 is 0 Å². The molecule has 3 atom stereocenters. The summed E-state index contributed by atoms with van der Waals surface area (Å²) >= 11 is 0. The molecule has 0 spiro atoms. The van der Waals surface area contributed by atoms with Crippen LogP contribution in [0.2, 0.25) is 0 Å². The van der Waals surface area contributed by atoms with Crippen LogP contribution in [0.3, 0.4) is 0 Å². The highest BCUT2D eigenvalue weighted by atomic mass is 16.5. The van der Waals surface area contributed by atoms with Crippen LogP contribution in [0, 0.1) is 0 Å². The lowest BCUT2D eigenvalue weighted by atomic mass is 9.79. The van der Waals surface area contributed by atoms with E-state index in [1.54, 1.807) is 7.11 Å². The van der Waals surface area contributed by atoms with Crippen molar-refractivity contribution in [2.75, 3.05) is 7.11 Å². The maximum absolute atomic E-state index is 5.71. The third-order valence-electron chi connectivity index (χ3n) is 4.32. The Hall–Kier alpha value is -0.900. The van der Waals surface area contributed by atoms with Crippen LogP contribution >= 0.6 is 0 Å². The zero-order chi connectivity index (χ0) is 13.7. The van der Waals surface area contributed by atoms with E-state index in [4.69, 9.17) is 10.6 Å². The van der Waals surface area contributed by atoms with Crippen LogP contribution in [0.5, 0.6) is 0 Å². The zero-order valence-electron chi connectivity index (χ0n) is 12.1. The minimum atomic E-state index is 0.250. The van der Waals surface area contributed by atoms with Gasteiger partial charge in [-0.1, -0.05) is 24.3 Å². The van der Waals surface area contributed by atoms with E-state index in [1.807, 2.05) is 0 Å². The fourth-order valence-corrected chi connectivity index (χ4v) is 3.17. The molecular formula is C16H26N2O. The zero-order valence-corrected chi connectivity index (χ0v) is 12.1. The van der Waals surface area contributed by atoms with Gasteiger partial charge in [-0.25, -0.2) is 0 Å². The van der Waals surface area contributed by atoms with Gasteiger partial charge in [-0.3, -0.25) is 11.3 Å². The highest BCUT2D eigenvalue weighted by molar-refractivity contribution is 5.32. The van der Waals surface area contributed by atoms with E-state index in [1.165, 1.54) is 30.4 Å². The van der Waals surface area contributed by atoms with Crippen LogP contribution in [0.1, 0.15) is 49.7 Å². The number of fused-ring (bicyclic) bond motifs is 1. The van der Waals surface area contributed by atoms with Crippen molar-refractivity contribution in [2.24, 2.45) is 5.84 Å². The summed E-state index contributed by atoms with van der Waals surface area (Å²) in [7, 11) is 1.76. The van der Waals surface area contributed by atoms with Gasteiger partial charge in [-0.05, 0) is 56.1 Å². The van der Waals surface area contributed by atoms with Crippen molar-refractivity contribution in [3.05, 3.63) is 35.4 Å². The molecule has 3 unspecified atom stereocenters. The van der Waals surface area contributed by atoms with Gasteiger partial charge in [0.25, 0.3) is 0 Å². The Labute approximate surface area is 116 Å². The second kappa shape index (κ2) is 7.04. The average molecular weight is 262 g/mol. The standard InChI is InChI=1S/C16H26N2O/c1-12(19-2)10-15(18-17)11-14-8-5-7-13-6-3-4-9-16(13)14/h3-4,6,9,12,14-15,18H,5,7-8,10-11,17H2,1-2H3. The molecule has 0 bridgehead atoms. The van der Waals surface area contributed by atoms with Crippen molar-refractivity contribution in [2.45, 2.75) is 57.1 Å². The lowest BCUT2D eigenvalue weighted by molar-refractivity contribution is 0.0980. The first-order chi connectivity index (χ1) is 9.24. The number of nitrogens with one attached hydrogen (secondary N) is 1. The number of hydrogen-bond donors (Lipinski definition) is 2. The van der Waals surface area contributed by atoms with E-state index in [9.17, 15) is 0 Å². The van der Waals surface area contributed by atoms with Gasteiger partial charge >= 0.3 is 0 Å². The number of rotatable bonds is 6. The van der Waals surface area contributed by atoms with Gasteiger partial charge in [0.1, 0.15) is 0 Å². The monoisotopic (exact) mass is 262 g/mol. The number of hydrogen-bond acceptors (Lipinski definition) is 3. The molecule has 19 heavy (non-hydrogen) atoms. The van der Waals surface area contributed by atoms with Crippen molar-refractivity contribution in [3.63, 3.8) is 0 Å². The summed E-state index contributed by atoms with van der Waals surface area (Å²) in [4.78, 5) is 0. The number of methoxy groups -OCH3 is 1. The van der Waals surface area contributed by atoms with Crippen molar-refractivity contribution in [1.29, 1.82) is 0 Å². The van der Waals surface area contributed by atoms with Gasteiger partial charge in [-0.15, -0.1) is 0 Å². The van der Waals surface area contributed by atoms with Gasteiger partial charge in [0, 0.05) is 13.2 Å². The first-order valence-electron chi connectivity index (χ1n) is 7.31. The minimum Gasteiger partial charge on any atom is -0.382 e. The van der Waals surface area contributed by atoms with Crippen LogP contribution in [0.15, 0.2) is 24.3 Å². The Morgan fingerprint density at radius 1 is 1.42 bits per heavy atom. The summed E-state index contributed by atoms with van der Waals surface area (Å²) in [5, 5.41) is 0. The average Bonchev–Trinajstić information content (AvgIpc) is 2.46. The Bertz CT molecular complexity index is 394. The molecule has 1 aromatic carbocycles. The molecule has 106 valence electrons. The normalized spacial score (nSPS) is 21.7. The van der Waals surface area contributed by atoms with E-state index in [0.29, 0.717) is 12.0 Å². The molecule has 0 aromatic heterocycles. The second-order valence-corrected chi connectivity index (χ2v) is 5.67. The van der Waals surface area contributed by atoms with Crippen molar-refractivity contribution < 1.29 is 4.74 Å². The molecule has 3 nitrogen and oxygen atoms in total. The summed E-state index contributed by atoms with van der Waals surface area (Å²) < 4.78 is 5.35. The molecule has 3 N–H and O–H groups in total. The fraction of sp³-hybridized carbons (Fsp3) is 0.625. The van der Waals surface area contributed by atoms with E-state index in [0.717, 1.165) is 12.8 Å². The first-order valence-corrected chi connectivity index (χ1v) is 7.31. The van der Waals surface area contributed by atoms with Gasteiger partial charge in [0.2, 0.25) is 0 Å². The minimum absolute atomic E-state index is 0.250. The van der Waals surface area contributed by atoms with Gasteiger partial charge in [0.15, 0.2) is 0 Å². The van der Waals surface area contributed by atoms with Gasteiger partial charge in [0.05, 0.1) is 6.10 Å².